The molecule has 2 aliphatic heterocycles. The van der Waals surface area contributed by atoms with E-state index in [-0.39, 0.29) is 61.1 Å². The van der Waals surface area contributed by atoms with Crippen LogP contribution in [0.25, 0.3) is 0 Å². The van der Waals surface area contributed by atoms with Gasteiger partial charge in [0.1, 0.15) is 11.9 Å². The van der Waals surface area contributed by atoms with E-state index in [1.165, 1.54) is 6.08 Å². The van der Waals surface area contributed by atoms with Gasteiger partial charge in [0, 0.05) is 31.3 Å². The van der Waals surface area contributed by atoms with Crippen LogP contribution >= 0.6 is 0 Å². The van der Waals surface area contributed by atoms with Crippen molar-refractivity contribution in [2.24, 2.45) is 17.8 Å². The van der Waals surface area contributed by atoms with Crippen LogP contribution in [-0.4, -0.2) is 40.9 Å². The van der Waals surface area contributed by atoms with E-state index in [9.17, 15) is 24.3 Å². The summed E-state index contributed by atoms with van der Waals surface area (Å²) in [5.74, 6) is -1.82. The predicted molar refractivity (Wildman–Crippen MR) is 125 cm³/mol. The smallest absolute Gasteiger partial charge is 0.331 e. The molecular formula is C26H37NO6. The molecule has 2 amide bonds. The standard InChI is InChI=1S/C26H37NO6/c1-17-10-8-6-4-5-7-9-11-25(32)33-26(17)19(3)12-18(2)22(29)16-21(28)13-20-14-23(30)27-24(31)15-20/h4,6,9,11-12,17-18,20-21,26,28H,5,7-8,10,13-16H2,1-3H3,(H,27,30,31)/b6-4?,11-9?,19-12+/t17-,18-,21+,26+/m0/s1. The highest BCUT2D eigenvalue weighted by Gasteiger charge is 2.28. The normalized spacial score (nSPS) is 25.5. The number of hydrogen-bond acceptors (Lipinski definition) is 6. The fourth-order valence-corrected chi connectivity index (χ4v) is 4.43. The first-order valence-electron chi connectivity index (χ1n) is 11.9. The number of aliphatic hydroxyl groups excluding tert-OH is 1. The van der Waals surface area contributed by atoms with Gasteiger partial charge in [-0.05, 0) is 56.4 Å². The highest BCUT2D eigenvalue weighted by atomic mass is 16.5. The highest BCUT2D eigenvalue weighted by Crippen LogP contribution is 2.25. The van der Waals surface area contributed by atoms with Gasteiger partial charge in [0.15, 0.2) is 0 Å². The zero-order valence-electron chi connectivity index (χ0n) is 19.9. The Kier molecular flexibility index (Phi) is 10.7. The lowest BCUT2D eigenvalue weighted by atomic mass is 9.87. The van der Waals surface area contributed by atoms with Crippen molar-refractivity contribution in [1.29, 1.82) is 0 Å². The Labute approximate surface area is 196 Å². The number of hydrogen-bond donors (Lipinski definition) is 2. The molecule has 0 aromatic carbocycles. The number of piperidine rings is 1. The van der Waals surface area contributed by atoms with E-state index in [4.69, 9.17) is 4.74 Å². The predicted octanol–water partition coefficient (Wildman–Crippen LogP) is 3.57. The second-order valence-corrected chi connectivity index (χ2v) is 9.37. The molecule has 0 spiro atoms. The van der Waals surface area contributed by atoms with Crippen LogP contribution < -0.4 is 5.32 Å². The second-order valence-electron chi connectivity index (χ2n) is 9.37. The number of nitrogens with one attached hydrogen (secondary N) is 1. The van der Waals surface area contributed by atoms with Crippen LogP contribution in [0.2, 0.25) is 0 Å². The number of carbonyl (C=O) groups is 4. The van der Waals surface area contributed by atoms with Crippen LogP contribution in [0.4, 0.5) is 0 Å². The molecule has 182 valence electrons. The molecule has 0 radical (unpaired) electrons. The van der Waals surface area contributed by atoms with Crippen LogP contribution in [0.1, 0.15) is 72.1 Å². The second kappa shape index (κ2) is 13.2. The molecule has 0 saturated carbocycles. The first kappa shape index (κ1) is 26.7. The van der Waals surface area contributed by atoms with Crippen molar-refractivity contribution < 1.29 is 29.0 Å². The van der Waals surface area contributed by atoms with Gasteiger partial charge in [-0.1, -0.05) is 38.2 Å². The Morgan fingerprint density at radius 2 is 1.79 bits per heavy atom. The summed E-state index contributed by atoms with van der Waals surface area (Å²) in [4.78, 5) is 48.0. The Bertz CT molecular complexity index is 796. The lowest BCUT2D eigenvalue weighted by Gasteiger charge is -2.26. The van der Waals surface area contributed by atoms with Crippen molar-refractivity contribution in [3.8, 4) is 0 Å². The molecule has 1 fully saturated rings. The molecule has 0 aliphatic carbocycles. The number of ketones is 1. The summed E-state index contributed by atoms with van der Waals surface area (Å²) in [5.41, 5.74) is 0.815. The summed E-state index contributed by atoms with van der Waals surface area (Å²) >= 11 is 0. The van der Waals surface area contributed by atoms with Gasteiger partial charge in [0.05, 0.1) is 6.10 Å². The topological polar surface area (TPSA) is 110 Å². The summed E-state index contributed by atoms with van der Waals surface area (Å²) < 4.78 is 5.73. The number of carbonyl (C=O) groups excluding carboxylic acids is 4. The van der Waals surface area contributed by atoms with Crippen molar-refractivity contribution in [3.63, 3.8) is 0 Å². The minimum Gasteiger partial charge on any atom is -0.454 e. The molecular weight excluding hydrogens is 422 g/mol. The van der Waals surface area contributed by atoms with E-state index in [0.717, 1.165) is 31.3 Å². The Morgan fingerprint density at radius 1 is 1.15 bits per heavy atom. The van der Waals surface area contributed by atoms with Gasteiger partial charge in [-0.15, -0.1) is 0 Å². The molecule has 0 bridgehead atoms. The maximum Gasteiger partial charge on any atom is 0.331 e. The van der Waals surface area contributed by atoms with Crippen LogP contribution in [-0.2, 0) is 23.9 Å². The molecule has 2 rings (SSSR count). The van der Waals surface area contributed by atoms with E-state index >= 15 is 0 Å². The monoisotopic (exact) mass is 459 g/mol. The highest BCUT2D eigenvalue weighted by molar-refractivity contribution is 5.97. The van der Waals surface area contributed by atoms with Crippen molar-refractivity contribution in [2.75, 3.05) is 0 Å². The zero-order valence-corrected chi connectivity index (χ0v) is 19.9. The van der Waals surface area contributed by atoms with Crippen LogP contribution in [0.15, 0.2) is 36.0 Å². The maximum atomic E-state index is 12.7. The van der Waals surface area contributed by atoms with Gasteiger partial charge >= 0.3 is 5.97 Å². The molecule has 7 heteroatoms. The van der Waals surface area contributed by atoms with E-state index < -0.39 is 18.1 Å². The summed E-state index contributed by atoms with van der Waals surface area (Å²) in [7, 11) is 0. The molecule has 0 aromatic rings. The third kappa shape index (κ3) is 9.46. The number of cyclic esters (lactones) is 1. The number of ether oxygens (including phenoxy) is 1. The van der Waals surface area contributed by atoms with Crippen LogP contribution in [0.5, 0.6) is 0 Å². The Hall–Kier alpha value is -2.54. The van der Waals surface area contributed by atoms with E-state index in [2.05, 4.69) is 17.5 Å². The number of amides is 2. The molecule has 2 heterocycles. The lowest BCUT2D eigenvalue weighted by molar-refractivity contribution is -0.143. The van der Waals surface area contributed by atoms with Crippen molar-refractivity contribution >= 4 is 23.6 Å². The number of Topliss-reactive ketones (excluding diaryl/α,β-unsaturated/α-hetero) is 1. The van der Waals surface area contributed by atoms with Gasteiger partial charge < -0.3 is 9.84 Å². The summed E-state index contributed by atoms with van der Waals surface area (Å²) in [6.45, 7) is 5.67. The minimum atomic E-state index is -0.910. The largest absolute Gasteiger partial charge is 0.454 e. The SMILES string of the molecule is C/C(=C\[C@H](C)C(=O)C[C@H](O)CC1CC(=O)NC(=O)C1)[C@@H]1OC(=O)C=CCCC=CCC[C@@H]1C. The first-order valence-corrected chi connectivity index (χ1v) is 11.9. The van der Waals surface area contributed by atoms with Crippen LogP contribution in [0, 0.1) is 17.8 Å². The Balaban J connectivity index is 1.98. The summed E-state index contributed by atoms with van der Waals surface area (Å²) in [6.07, 6.45) is 12.0. The number of allylic oxidation sites excluding steroid dienone is 4. The average Bonchev–Trinajstić information content (AvgIpc) is 2.71. The average molecular weight is 460 g/mol. The number of aliphatic hydroxyl groups is 1. The number of rotatable bonds is 7. The van der Waals surface area contributed by atoms with Crippen molar-refractivity contribution in [2.45, 2.75) is 84.3 Å². The molecule has 2 N–H and O–H groups in total. The van der Waals surface area contributed by atoms with E-state index in [0.29, 0.717) is 0 Å². The van der Waals surface area contributed by atoms with Gasteiger partial charge in [-0.3, -0.25) is 19.7 Å². The van der Waals surface area contributed by atoms with Gasteiger partial charge in [-0.25, -0.2) is 4.79 Å². The Morgan fingerprint density at radius 3 is 2.48 bits per heavy atom. The summed E-state index contributed by atoms with van der Waals surface area (Å²) in [6, 6.07) is 0. The fraction of sp³-hybridized carbons (Fsp3) is 0.615. The fourth-order valence-electron chi connectivity index (χ4n) is 4.43. The van der Waals surface area contributed by atoms with Gasteiger partial charge in [0.25, 0.3) is 0 Å². The molecule has 7 nitrogen and oxygen atoms in total. The third-order valence-corrected chi connectivity index (χ3v) is 6.21. The van der Waals surface area contributed by atoms with Crippen molar-refractivity contribution in [1.82, 2.24) is 5.32 Å². The van der Waals surface area contributed by atoms with E-state index in [1.807, 2.05) is 26.0 Å². The lowest BCUT2D eigenvalue weighted by Crippen LogP contribution is -2.39. The minimum absolute atomic E-state index is 0.0508. The zero-order chi connectivity index (χ0) is 24.4. The first-order chi connectivity index (χ1) is 15.7. The molecule has 2 aliphatic rings. The van der Waals surface area contributed by atoms with Gasteiger partial charge in [-0.2, -0.15) is 0 Å². The molecule has 33 heavy (non-hydrogen) atoms. The maximum absolute atomic E-state index is 12.7. The number of esters is 1. The van der Waals surface area contributed by atoms with Crippen molar-refractivity contribution in [3.05, 3.63) is 36.0 Å². The molecule has 4 atom stereocenters. The summed E-state index contributed by atoms with van der Waals surface area (Å²) in [5, 5.41) is 12.6. The van der Waals surface area contributed by atoms with E-state index in [1.54, 1.807) is 6.92 Å². The molecule has 0 unspecified atom stereocenters. The third-order valence-electron chi connectivity index (χ3n) is 6.21. The number of imide groups is 1. The van der Waals surface area contributed by atoms with Crippen LogP contribution in [0.3, 0.4) is 0 Å². The molecule has 0 aromatic heterocycles. The quantitative estimate of drug-likeness (QED) is 0.342. The molecule has 1 saturated heterocycles. The van der Waals surface area contributed by atoms with Gasteiger partial charge in [0.2, 0.25) is 11.8 Å².